The Morgan fingerprint density at radius 1 is 1.11 bits per heavy atom. The fraction of sp³-hybridized carbons (Fsp3) is 0.609. The molecule has 156 valence electrons. The van der Waals surface area contributed by atoms with Crippen LogP contribution in [0.1, 0.15) is 46.1 Å². The van der Waals surface area contributed by atoms with Gasteiger partial charge in [-0.1, -0.05) is 38.1 Å². The van der Waals surface area contributed by atoms with Gasteiger partial charge in [-0.3, -0.25) is 0 Å². The van der Waals surface area contributed by atoms with Crippen LogP contribution in [0, 0.1) is 0 Å². The Balaban J connectivity index is 1.82. The van der Waals surface area contributed by atoms with Gasteiger partial charge in [-0.25, -0.2) is 4.99 Å². The molecule has 0 radical (unpaired) electrons. The summed E-state index contributed by atoms with van der Waals surface area (Å²) in [6.07, 6.45) is 6.80. The van der Waals surface area contributed by atoms with Crippen molar-refractivity contribution >= 4 is 11.6 Å². The second kappa shape index (κ2) is 12.4. The van der Waals surface area contributed by atoms with Crippen LogP contribution in [0.25, 0.3) is 0 Å². The van der Waals surface area contributed by atoms with E-state index < -0.39 is 0 Å². The van der Waals surface area contributed by atoms with Gasteiger partial charge < -0.3 is 20.4 Å². The third-order valence-electron chi connectivity index (χ3n) is 5.27. The van der Waals surface area contributed by atoms with Gasteiger partial charge in [-0.05, 0) is 64.0 Å². The van der Waals surface area contributed by atoms with Crippen molar-refractivity contribution in [2.24, 2.45) is 4.99 Å². The van der Waals surface area contributed by atoms with Crippen molar-refractivity contribution in [2.45, 2.75) is 53.1 Å². The zero-order chi connectivity index (χ0) is 20.2. The van der Waals surface area contributed by atoms with Gasteiger partial charge in [-0.2, -0.15) is 0 Å². The topological polar surface area (TPSA) is 42.9 Å². The maximum atomic E-state index is 4.78. The SMILES string of the molecule is CCNC(=NCc1ccc(N2CC=CC2)cc1)NC(C)CCCN(CC)CC. The number of benzene rings is 1. The van der Waals surface area contributed by atoms with Crippen LogP contribution in [0.3, 0.4) is 0 Å². The van der Waals surface area contributed by atoms with E-state index in [-0.39, 0.29) is 0 Å². The maximum absolute atomic E-state index is 4.78. The van der Waals surface area contributed by atoms with E-state index in [0.717, 1.165) is 45.1 Å². The summed E-state index contributed by atoms with van der Waals surface area (Å²) in [5, 5.41) is 6.93. The van der Waals surface area contributed by atoms with Gasteiger partial charge in [0.15, 0.2) is 5.96 Å². The van der Waals surface area contributed by atoms with E-state index in [4.69, 9.17) is 4.99 Å². The van der Waals surface area contributed by atoms with Crippen molar-refractivity contribution < 1.29 is 0 Å². The van der Waals surface area contributed by atoms with E-state index in [2.05, 4.69) is 84.5 Å². The lowest BCUT2D eigenvalue weighted by Gasteiger charge is -2.21. The molecule has 1 aliphatic rings. The predicted octanol–water partition coefficient (Wildman–Crippen LogP) is 3.63. The lowest BCUT2D eigenvalue weighted by Crippen LogP contribution is -2.42. The van der Waals surface area contributed by atoms with Crippen molar-refractivity contribution in [3.63, 3.8) is 0 Å². The fourth-order valence-electron chi connectivity index (χ4n) is 3.46. The third kappa shape index (κ3) is 7.55. The number of nitrogens with one attached hydrogen (secondary N) is 2. The highest BCUT2D eigenvalue weighted by Gasteiger charge is 2.08. The highest BCUT2D eigenvalue weighted by Crippen LogP contribution is 2.17. The second-order valence-electron chi connectivity index (χ2n) is 7.45. The molecule has 2 rings (SSSR count). The highest BCUT2D eigenvalue weighted by atomic mass is 15.2. The summed E-state index contributed by atoms with van der Waals surface area (Å²) in [6.45, 7) is 15.9. The smallest absolute Gasteiger partial charge is 0.191 e. The zero-order valence-electron chi connectivity index (χ0n) is 18.2. The minimum absolute atomic E-state index is 0.415. The molecule has 0 amide bonds. The van der Waals surface area contributed by atoms with Crippen LogP contribution < -0.4 is 15.5 Å². The number of rotatable bonds is 11. The van der Waals surface area contributed by atoms with Crippen molar-refractivity contribution in [1.82, 2.24) is 15.5 Å². The second-order valence-corrected chi connectivity index (χ2v) is 7.45. The Kier molecular flexibility index (Phi) is 9.91. The van der Waals surface area contributed by atoms with E-state index in [1.165, 1.54) is 24.2 Å². The molecule has 0 spiro atoms. The molecule has 5 nitrogen and oxygen atoms in total. The van der Waals surface area contributed by atoms with Gasteiger partial charge in [0, 0.05) is 31.4 Å². The van der Waals surface area contributed by atoms with E-state index in [1.54, 1.807) is 0 Å². The van der Waals surface area contributed by atoms with Crippen LogP contribution in [0.5, 0.6) is 0 Å². The molecule has 1 atom stereocenters. The van der Waals surface area contributed by atoms with Gasteiger partial charge in [0.1, 0.15) is 0 Å². The average Bonchev–Trinajstić information content (AvgIpc) is 3.25. The summed E-state index contributed by atoms with van der Waals surface area (Å²) in [6, 6.07) is 9.20. The molecule has 0 aliphatic carbocycles. The Morgan fingerprint density at radius 2 is 1.79 bits per heavy atom. The van der Waals surface area contributed by atoms with Gasteiger partial charge in [-0.15, -0.1) is 0 Å². The van der Waals surface area contributed by atoms with Crippen molar-refractivity contribution in [2.75, 3.05) is 44.2 Å². The van der Waals surface area contributed by atoms with Crippen molar-refractivity contribution in [1.29, 1.82) is 0 Å². The Hall–Kier alpha value is -2.01. The number of guanidine groups is 1. The molecule has 5 heteroatoms. The van der Waals surface area contributed by atoms with Gasteiger partial charge in [0.05, 0.1) is 6.54 Å². The molecule has 1 heterocycles. The van der Waals surface area contributed by atoms with Crippen LogP contribution >= 0.6 is 0 Å². The van der Waals surface area contributed by atoms with Gasteiger partial charge >= 0.3 is 0 Å². The van der Waals surface area contributed by atoms with Crippen LogP contribution in [0.2, 0.25) is 0 Å². The molecular formula is C23H39N5. The molecule has 0 saturated carbocycles. The first kappa shape index (κ1) is 22.3. The average molecular weight is 386 g/mol. The lowest BCUT2D eigenvalue weighted by molar-refractivity contribution is 0.292. The summed E-state index contributed by atoms with van der Waals surface area (Å²) in [5.74, 6) is 0.908. The van der Waals surface area contributed by atoms with Gasteiger partial charge in [0.25, 0.3) is 0 Å². The molecule has 0 saturated heterocycles. The van der Waals surface area contributed by atoms with E-state index in [0.29, 0.717) is 12.6 Å². The number of hydrogen-bond donors (Lipinski definition) is 2. The Labute approximate surface area is 171 Å². The first-order chi connectivity index (χ1) is 13.7. The quantitative estimate of drug-likeness (QED) is 0.347. The molecule has 1 unspecified atom stereocenters. The van der Waals surface area contributed by atoms with E-state index >= 15 is 0 Å². The molecule has 1 aromatic carbocycles. The Morgan fingerprint density at radius 3 is 2.39 bits per heavy atom. The monoisotopic (exact) mass is 385 g/mol. The highest BCUT2D eigenvalue weighted by molar-refractivity contribution is 5.80. The first-order valence-corrected chi connectivity index (χ1v) is 10.9. The molecule has 0 aromatic heterocycles. The van der Waals surface area contributed by atoms with Crippen LogP contribution in [-0.4, -0.2) is 56.2 Å². The summed E-state index contributed by atoms with van der Waals surface area (Å²) in [7, 11) is 0. The van der Waals surface area contributed by atoms with Crippen molar-refractivity contribution in [3.8, 4) is 0 Å². The molecular weight excluding hydrogens is 346 g/mol. The maximum Gasteiger partial charge on any atom is 0.191 e. The largest absolute Gasteiger partial charge is 0.364 e. The summed E-state index contributed by atoms with van der Waals surface area (Å²) < 4.78 is 0. The summed E-state index contributed by atoms with van der Waals surface area (Å²) >= 11 is 0. The number of nitrogens with zero attached hydrogens (tertiary/aromatic N) is 3. The molecule has 28 heavy (non-hydrogen) atoms. The van der Waals surface area contributed by atoms with Crippen LogP contribution in [0.4, 0.5) is 5.69 Å². The standard InChI is InChI=1S/C23H39N5/c1-5-24-23(26-20(4)11-10-16-27(6-2)7-3)25-19-21-12-14-22(15-13-21)28-17-8-9-18-28/h8-9,12-15,20H,5-7,10-11,16-19H2,1-4H3,(H2,24,25,26). The fourth-order valence-corrected chi connectivity index (χ4v) is 3.46. The van der Waals surface area contributed by atoms with Crippen LogP contribution in [0.15, 0.2) is 41.4 Å². The van der Waals surface area contributed by atoms with Crippen LogP contribution in [-0.2, 0) is 6.54 Å². The van der Waals surface area contributed by atoms with E-state index in [1.807, 2.05) is 0 Å². The summed E-state index contributed by atoms with van der Waals surface area (Å²) in [5.41, 5.74) is 2.52. The minimum Gasteiger partial charge on any atom is -0.364 e. The van der Waals surface area contributed by atoms with Gasteiger partial charge in [0.2, 0.25) is 0 Å². The normalized spacial score (nSPS) is 15.3. The molecule has 0 fully saturated rings. The lowest BCUT2D eigenvalue weighted by atomic mass is 10.2. The molecule has 2 N–H and O–H groups in total. The Bertz CT molecular complexity index is 596. The van der Waals surface area contributed by atoms with E-state index in [9.17, 15) is 0 Å². The molecule has 1 aromatic rings. The predicted molar refractivity (Wildman–Crippen MR) is 122 cm³/mol. The molecule has 1 aliphatic heterocycles. The number of hydrogen-bond acceptors (Lipinski definition) is 3. The number of aliphatic imine (C=N–C) groups is 1. The summed E-state index contributed by atoms with van der Waals surface area (Å²) in [4.78, 5) is 9.62. The number of anilines is 1. The minimum atomic E-state index is 0.415. The first-order valence-electron chi connectivity index (χ1n) is 10.9. The molecule has 0 bridgehead atoms. The van der Waals surface area contributed by atoms with Crippen molar-refractivity contribution in [3.05, 3.63) is 42.0 Å². The zero-order valence-corrected chi connectivity index (χ0v) is 18.2. The third-order valence-corrected chi connectivity index (χ3v) is 5.27.